The molecule has 1 aliphatic carbocycles. The molecule has 3 N–H and O–H groups in total. The van der Waals surface area contributed by atoms with E-state index in [1.807, 2.05) is 12.1 Å². The van der Waals surface area contributed by atoms with E-state index in [0.717, 1.165) is 30.2 Å². The van der Waals surface area contributed by atoms with Crippen molar-refractivity contribution in [2.45, 2.75) is 37.8 Å². The Morgan fingerprint density at radius 3 is 2.67 bits per heavy atom. The summed E-state index contributed by atoms with van der Waals surface area (Å²) < 4.78 is 0.738. The van der Waals surface area contributed by atoms with Crippen LogP contribution < -0.4 is 11.1 Å². The van der Waals surface area contributed by atoms with Gasteiger partial charge in [0.2, 0.25) is 0 Å². The van der Waals surface area contributed by atoms with Crippen molar-refractivity contribution in [2.75, 3.05) is 0 Å². The Kier molecular flexibility index (Phi) is 4.65. The highest BCUT2D eigenvalue weighted by atomic mass is 79.9. The minimum absolute atomic E-state index is 0.109. The van der Waals surface area contributed by atoms with Gasteiger partial charge in [0.1, 0.15) is 0 Å². The van der Waals surface area contributed by atoms with Gasteiger partial charge in [-0.1, -0.05) is 17.7 Å². The van der Waals surface area contributed by atoms with Crippen molar-refractivity contribution < 1.29 is 4.79 Å². The highest BCUT2D eigenvalue weighted by molar-refractivity contribution is 9.10. The third kappa shape index (κ3) is 3.25. The molecule has 1 aliphatic rings. The monoisotopic (exact) mass is 330 g/mol. The number of nitrogens with one attached hydrogen (secondary N) is 1. The molecule has 0 unspecified atom stereocenters. The van der Waals surface area contributed by atoms with E-state index >= 15 is 0 Å². The molecule has 0 aromatic heterocycles. The van der Waals surface area contributed by atoms with Gasteiger partial charge in [-0.15, -0.1) is 0 Å². The van der Waals surface area contributed by atoms with Gasteiger partial charge in [-0.3, -0.25) is 4.79 Å². The third-order valence-electron chi connectivity index (χ3n) is 3.30. The molecule has 1 amide bonds. The van der Waals surface area contributed by atoms with Crippen LogP contribution in [0.2, 0.25) is 5.02 Å². The molecule has 0 bridgehead atoms. The zero-order chi connectivity index (χ0) is 13.1. The summed E-state index contributed by atoms with van der Waals surface area (Å²) >= 11 is 9.42. The number of carbonyl (C=O) groups is 1. The Morgan fingerprint density at radius 1 is 1.33 bits per heavy atom. The summed E-state index contributed by atoms with van der Waals surface area (Å²) in [5.41, 5.74) is 6.36. The first-order valence-electron chi connectivity index (χ1n) is 6.08. The summed E-state index contributed by atoms with van der Waals surface area (Å²) in [5, 5.41) is 3.48. The first kappa shape index (κ1) is 13.8. The maximum atomic E-state index is 12.1. The summed E-state index contributed by atoms with van der Waals surface area (Å²) in [6.45, 7) is 0. The van der Waals surface area contributed by atoms with Gasteiger partial charge in [0.15, 0.2) is 0 Å². The number of nitrogens with two attached hydrogens (primary N) is 1. The molecule has 1 saturated carbocycles. The lowest BCUT2D eigenvalue weighted by molar-refractivity contribution is 0.0926. The van der Waals surface area contributed by atoms with E-state index in [0.29, 0.717) is 10.6 Å². The number of hydrogen-bond acceptors (Lipinski definition) is 2. The number of halogens is 2. The number of rotatable bonds is 2. The van der Waals surface area contributed by atoms with Crippen molar-refractivity contribution in [2.24, 2.45) is 5.73 Å². The lowest BCUT2D eigenvalue weighted by Crippen LogP contribution is -2.40. The maximum Gasteiger partial charge on any atom is 0.253 e. The molecule has 1 aromatic carbocycles. The highest BCUT2D eigenvalue weighted by Gasteiger charge is 2.21. The molecule has 2 rings (SSSR count). The summed E-state index contributed by atoms with van der Waals surface area (Å²) in [7, 11) is 0. The molecule has 1 aromatic rings. The molecule has 3 nitrogen and oxygen atoms in total. The Morgan fingerprint density at radius 2 is 2.00 bits per heavy atom. The SMILES string of the molecule is NC1CCC(NC(=O)c2cccc(Br)c2Cl)CC1. The van der Waals surface area contributed by atoms with Gasteiger partial charge in [-0.05, 0) is 53.7 Å². The van der Waals surface area contributed by atoms with Gasteiger partial charge in [-0.2, -0.15) is 0 Å². The minimum atomic E-state index is -0.109. The lowest BCUT2D eigenvalue weighted by Gasteiger charge is -2.26. The van der Waals surface area contributed by atoms with Gasteiger partial charge in [0.25, 0.3) is 5.91 Å². The first-order valence-corrected chi connectivity index (χ1v) is 7.25. The van der Waals surface area contributed by atoms with Gasteiger partial charge in [0.05, 0.1) is 10.6 Å². The molecule has 0 saturated heterocycles. The van der Waals surface area contributed by atoms with E-state index < -0.39 is 0 Å². The zero-order valence-electron chi connectivity index (χ0n) is 9.96. The van der Waals surface area contributed by atoms with E-state index in [1.54, 1.807) is 6.07 Å². The Labute approximate surface area is 120 Å². The van der Waals surface area contributed by atoms with Crippen LogP contribution in [0.3, 0.4) is 0 Å². The van der Waals surface area contributed by atoms with Crippen molar-refractivity contribution in [1.82, 2.24) is 5.32 Å². The van der Waals surface area contributed by atoms with Crippen LogP contribution in [-0.2, 0) is 0 Å². The second-order valence-electron chi connectivity index (χ2n) is 4.69. The highest BCUT2D eigenvalue weighted by Crippen LogP contribution is 2.26. The summed E-state index contributed by atoms with van der Waals surface area (Å²) in [6, 6.07) is 5.86. The van der Waals surface area contributed by atoms with Crippen molar-refractivity contribution in [3.63, 3.8) is 0 Å². The molecule has 18 heavy (non-hydrogen) atoms. The standard InChI is InChI=1S/C13H16BrClN2O/c14-11-3-1-2-10(12(11)15)13(18)17-9-6-4-8(16)5-7-9/h1-3,8-9H,4-7,16H2,(H,17,18). The third-order valence-corrected chi connectivity index (χ3v) is 4.60. The predicted octanol–water partition coefficient (Wildman–Crippen LogP) is 3.10. The van der Waals surface area contributed by atoms with Crippen LogP contribution in [0.5, 0.6) is 0 Å². The van der Waals surface area contributed by atoms with Gasteiger partial charge in [0, 0.05) is 16.6 Å². The largest absolute Gasteiger partial charge is 0.349 e. The lowest BCUT2D eigenvalue weighted by atomic mass is 9.91. The maximum absolute atomic E-state index is 12.1. The van der Waals surface area contributed by atoms with Crippen LogP contribution in [-0.4, -0.2) is 18.0 Å². The molecule has 0 heterocycles. The van der Waals surface area contributed by atoms with E-state index in [-0.39, 0.29) is 18.0 Å². The van der Waals surface area contributed by atoms with E-state index in [9.17, 15) is 4.79 Å². The smallest absolute Gasteiger partial charge is 0.253 e. The summed E-state index contributed by atoms with van der Waals surface area (Å²) in [4.78, 5) is 12.1. The van der Waals surface area contributed by atoms with Crippen LogP contribution in [0.4, 0.5) is 0 Å². The van der Waals surface area contributed by atoms with Gasteiger partial charge >= 0.3 is 0 Å². The molecule has 0 radical (unpaired) electrons. The average molecular weight is 332 g/mol. The quantitative estimate of drug-likeness (QED) is 0.875. The molecule has 0 aliphatic heterocycles. The summed E-state index contributed by atoms with van der Waals surface area (Å²) in [5.74, 6) is -0.109. The fraction of sp³-hybridized carbons (Fsp3) is 0.462. The average Bonchev–Trinajstić information content (AvgIpc) is 2.35. The van der Waals surface area contributed by atoms with E-state index in [1.165, 1.54) is 0 Å². The second-order valence-corrected chi connectivity index (χ2v) is 5.92. The Bertz CT molecular complexity index is 445. The van der Waals surface area contributed by atoms with Crippen LogP contribution in [0, 0.1) is 0 Å². The minimum Gasteiger partial charge on any atom is -0.349 e. The van der Waals surface area contributed by atoms with Crippen molar-refractivity contribution in [1.29, 1.82) is 0 Å². The topological polar surface area (TPSA) is 55.1 Å². The molecular weight excluding hydrogens is 316 g/mol. The van der Waals surface area contributed by atoms with Gasteiger partial charge in [-0.25, -0.2) is 0 Å². The van der Waals surface area contributed by atoms with Crippen LogP contribution >= 0.6 is 27.5 Å². The Balaban J connectivity index is 2.01. The summed E-state index contributed by atoms with van der Waals surface area (Å²) in [6.07, 6.45) is 3.82. The molecule has 1 fully saturated rings. The van der Waals surface area contributed by atoms with Gasteiger partial charge < -0.3 is 11.1 Å². The van der Waals surface area contributed by atoms with Crippen molar-refractivity contribution >= 4 is 33.4 Å². The number of amides is 1. The molecular formula is C13H16BrClN2O. The fourth-order valence-corrected chi connectivity index (χ4v) is 2.78. The fourth-order valence-electron chi connectivity index (χ4n) is 2.21. The number of benzene rings is 1. The first-order chi connectivity index (χ1) is 8.58. The van der Waals surface area contributed by atoms with Crippen molar-refractivity contribution in [3.8, 4) is 0 Å². The van der Waals surface area contributed by atoms with Crippen LogP contribution in [0.15, 0.2) is 22.7 Å². The molecule has 98 valence electrons. The zero-order valence-corrected chi connectivity index (χ0v) is 12.3. The number of carbonyl (C=O) groups excluding carboxylic acids is 1. The van der Waals surface area contributed by atoms with Crippen LogP contribution in [0.1, 0.15) is 36.0 Å². The Hall–Kier alpha value is -0.580. The molecule has 0 spiro atoms. The van der Waals surface area contributed by atoms with E-state index in [4.69, 9.17) is 17.3 Å². The van der Waals surface area contributed by atoms with Crippen molar-refractivity contribution in [3.05, 3.63) is 33.3 Å². The van der Waals surface area contributed by atoms with Crippen LogP contribution in [0.25, 0.3) is 0 Å². The molecule has 0 atom stereocenters. The predicted molar refractivity (Wildman–Crippen MR) is 76.8 cm³/mol. The van der Waals surface area contributed by atoms with E-state index in [2.05, 4.69) is 21.2 Å². The second kappa shape index (κ2) is 6.04. The molecule has 5 heteroatoms. The normalized spacial score (nSPS) is 23.7. The number of hydrogen-bond donors (Lipinski definition) is 2.